The third kappa shape index (κ3) is 3.66. The Morgan fingerprint density at radius 2 is 2.00 bits per heavy atom. The predicted octanol–water partition coefficient (Wildman–Crippen LogP) is 0.573. The Bertz CT molecular complexity index is 303. The van der Waals surface area contributed by atoms with Crippen LogP contribution in [0.2, 0.25) is 0 Å². The Morgan fingerprint density at radius 3 is 2.29 bits per heavy atom. The Morgan fingerprint density at radius 1 is 1.50 bits per heavy atom. The van der Waals surface area contributed by atoms with Crippen LogP contribution in [0.4, 0.5) is 0 Å². The summed E-state index contributed by atoms with van der Waals surface area (Å²) < 4.78 is 26.9. The lowest BCUT2D eigenvalue weighted by atomic mass is 10.3. The van der Waals surface area contributed by atoms with Gasteiger partial charge in [-0.15, -0.1) is 6.42 Å². The molecule has 1 unspecified atom stereocenters. The van der Waals surface area contributed by atoms with Crippen LogP contribution in [-0.4, -0.2) is 31.9 Å². The standard InChI is InChI=1S/C9H18N2O2S/c1-6-9(7-2)10-14(12,13)11(5)8(3)4/h1,8-10H,7H2,2-5H3. The molecule has 14 heavy (non-hydrogen) atoms. The molecular formula is C9H18N2O2S. The Balaban J connectivity index is 4.59. The molecule has 0 aliphatic carbocycles. The Labute approximate surface area is 86.9 Å². The lowest BCUT2D eigenvalue weighted by molar-refractivity contribution is 0.399. The van der Waals surface area contributed by atoms with E-state index in [-0.39, 0.29) is 6.04 Å². The Hall–Kier alpha value is -0.570. The van der Waals surface area contributed by atoms with Gasteiger partial charge in [0.2, 0.25) is 0 Å². The summed E-state index contributed by atoms with van der Waals surface area (Å²) in [6.45, 7) is 5.44. The van der Waals surface area contributed by atoms with E-state index in [0.29, 0.717) is 6.42 Å². The minimum absolute atomic E-state index is 0.0808. The lowest BCUT2D eigenvalue weighted by Crippen LogP contribution is -2.45. The Kier molecular flexibility index (Phi) is 5.13. The van der Waals surface area contributed by atoms with Gasteiger partial charge in [0.1, 0.15) is 0 Å². The highest BCUT2D eigenvalue weighted by Gasteiger charge is 2.22. The maximum atomic E-state index is 11.6. The number of hydrogen-bond donors (Lipinski definition) is 1. The van der Waals surface area contributed by atoms with E-state index in [4.69, 9.17) is 6.42 Å². The fourth-order valence-corrected chi connectivity index (χ4v) is 2.09. The van der Waals surface area contributed by atoms with Crippen LogP contribution >= 0.6 is 0 Å². The highest BCUT2D eigenvalue weighted by molar-refractivity contribution is 7.87. The van der Waals surface area contributed by atoms with Crippen molar-refractivity contribution < 1.29 is 8.42 Å². The van der Waals surface area contributed by atoms with E-state index >= 15 is 0 Å². The molecular weight excluding hydrogens is 200 g/mol. The molecule has 0 aromatic carbocycles. The number of terminal acetylenes is 1. The summed E-state index contributed by atoms with van der Waals surface area (Å²) in [4.78, 5) is 0. The van der Waals surface area contributed by atoms with Crippen LogP contribution < -0.4 is 4.72 Å². The van der Waals surface area contributed by atoms with Gasteiger partial charge in [0.05, 0.1) is 6.04 Å². The molecule has 0 fully saturated rings. The monoisotopic (exact) mass is 218 g/mol. The van der Waals surface area contributed by atoms with Crippen molar-refractivity contribution in [2.75, 3.05) is 7.05 Å². The minimum atomic E-state index is -3.44. The molecule has 0 saturated heterocycles. The van der Waals surface area contributed by atoms with Gasteiger partial charge in [-0.3, -0.25) is 0 Å². The summed E-state index contributed by atoms with van der Waals surface area (Å²) >= 11 is 0. The van der Waals surface area contributed by atoms with Gasteiger partial charge in [-0.05, 0) is 20.3 Å². The van der Waals surface area contributed by atoms with E-state index < -0.39 is 16.3 Å². The zero-order chi connectivity index (χ0) is 11.4. The number of hydrogen-bond acceptors (Lipinski definition) is 2. The van der Waals surface area contributed by atoms with Gasteiger partial charge in [0.25, 0.3) is 10.2 Å². The molecule has 0 heterocycles. The second-order valence-corrected chi connectivity index (χ2v) is 5.12. The summed E-state index contributed by atoms with van der Waals surface area (Å²) in [5.41, 5.74) is 0. The molecule has 0 amide bonds. The first-order valence-corrected chi connectivity index (χ1v) is 6.00. The van der Waals surface area contributed by atoms with Crippen molar-refractivity contribution >= 4 is 10.2 Å². The fourth-order valence-electron chi connectivity index (χ4n) is 0.776. The summed E-state index contributed by atoms with van der Waals surface area (Å²) in [5.74, 6) is 2.38. The molecule has 1 N–H and O–H groups in total. The number of nitrogens with one attached hydrogen (secondary N) is 1. The summed E-state index contributed by atoms with van der Waals surface area (Å²) in [6, 6.07) is -0.510. The molecule has 0 rings (SSSR count). The highest BCUT2D eigenvalue weighted by atomic mass is 32.2. The largest absolute Gasteiger partial charge is 0.280 e. The van der Waals surface area contributed by atoms with Crippen LogP contribution in [0.3, 0.4) is 0 Å². The first-order chi connectivity index (χ1) is 6.35. The molecule has 5 heteroatoms. The second kappa shape index (κ2) is 5.35. The van der Waals surface area contributed by atoms with E-state index in [9.17, 15) is 8.42 Å². The third-order valence-electron chi connectivity index (χ3n) is 2.01. The van der Waals surface area contributed by atoms with Crippen molar-refractivity contribution in [2.45, 2.75) is 39.3 Å². The van der Waals surface area contributed by atoms with Crippen molar-refractivity contribution in [2.24, 2.45) is 0 Å². The maximum Gasteiger partial charge on any atom is 0.280 e. The average Bonchev–Trinajstić information content (AvgIpc) is 2.12. The number of nitrogens with zero attached hydrogens (tertiary/aromatic N) is 1. The van der Waals surface area contributed by atoms with E-state index in [1.165, 1.54) is 11.4 Å². The molecule has 0 radical (unpaired) electrons. The molecule has 82 valence electrons. The third-order valence-corrected chi connectivity index (χ3v) is 3.77. The van der Waals surface area contributed by atoms with E-state index in [1.54, 1.807) is 13.8 Å². The van der Waals surface area contributed by atoms with Crippen LogP contribution in [0.15, 0.2) is 0 Å². The maximum absolute atomic E-state index is 11.6. The first-order valence-electron chi connectivity index (χ1n) is 4.56. The predicted molar refractivity (Wildman–Crippen MR) is 57.9 cm³/mol. The van der Waals surface area contributed by atoms with Gasteiger partial charge in [-0.25, -0.2) is 0 Å². The zero-order valence-electron chi connectivity index (χ0n) is 9.11. The van der Waals surface area contributed by atoms with E-state index in [0.717, 1.165) is 0 Å². The van der Waals surface area contributed by atoms with Crippen LogP contribution in [-0.2, 0) is 10.2 Å². The lowest BCUT2D eigenvalue weighted by Gasteiger charge is -2.22. The summed E-state index contributed by atoms with van der Waals surface area (Å²) in [5, 5.41) is 0. The van der Waals surface area contributed by atoms with Crippen molar-refractivity contribution in [1.82, 2.24) is 9.03 Å². The fraction of sp³-hybridized carbons (Fsp3) is 0.778. The SMILES string of the molecule is C#CC(CC)NS(=O)(=O)N(C)C(C)C. The van der Waals surface area contributed by atoms with Gasteiger partial charge in [-0.1, -0.05) is 12.8 Å². The molecule has 0 saturated carbocycles. The number of rotatable bonds is 5. The van der Waals surface area contributed by atoms with Gasteiger partial charge in [0.15, 0.2) is 0 Å². The van der Waals surface area contributed by atoms with Crippen LogP contribution in [0, 0.1) is 12.3 Å². The second-order valence-electron chi connectivity index (χ2n) is 3.36. The quantitative estimate of drug-likeness (QED) is 0.686. The van der Waals surface area contributed by atoms with Gasteiger partial charge in [-0.2, -0.15) is 17.4 Å². The summed E-state index contributed by atoms with van der Waals surface area (Å²) in [6.07, 6.45) is 5.76. The molecule has 4 nitrogen and oxygen atoms in total. The molecule has 0 spiro atoms. The van der Waals surface area contributed by atoms with E-state index in [1.807, 2.05) is 6.92 Å². The molecule has 1 atom stereocenters. The van der Waals surface area contributed by atoms with Gasteiger partial charge in [0, 0.05) is 13.1 Å². The minimum Gasteiger partial charge on any atom is -0.195 e. The first kappa shape index (κ1) is 13.4. The smallest absolute Gasteiger partial charge is 0.195 e. The highest BCUT2D eigenvalue weighted by Crippen LogP contribution is 2.02. The average molecular weight is 218 g/mol. The molecule has 0 aromatic heterocycles. The van der Waals surface area contributed by atoms with Crippen molar-refractivity contribution in [3.63, 3.8) is 0 Å². The van der Waals surface area contributed by atoms with Crippen LogP contribution in [0.25, 0.3) is 0 Å². The van der Waals surface area contributed by atoms with Crippen LogP contribution in [0.1, 0.15) is 27.2 Å². The molecule has 0 aliphatic heterocycles. The van der Waals surface area contributed by atoms with Crippen molar-refractivity contribution in [3.8, 4) is 12.3 Å². The van der Waals surface area contributed by atoms with Crippen LogP contribution in [0.5, 0.6) is 0 Å². The normalized spacial score (nSPS) is 14.4. The molecule has 0 bridgehead atoms. The topological polar surface area (TPSA) is 49.4 Å². The molecule has 0 aromatic rings. The zero-order valence-corrected chi connectivity index (χ0v) is 9.93. The van der Waals surface area contributed by atoms with Gasteiger partial charge < -0.3 is 0 Å². The van der Waals surface area contributed by atoms with Crippen molar-refractivity contribution in [3.05, 3.63) is 0 Å². The molecule has 0 aliphatic rings. The van der Waals surface area contributed by atoms with Crippen molar-refractivity contribution in [1.29, 1.82) is 0 Å². The summed E-state index contributed by atoms with van der Waals surface area (Å²) in [7, 11) is -1.92. The van der Waals surface area contributed by atoms with E-state index in [2.05, 4.69) is 10.6 Å². The van der Waals surface area contributed by atoms with Gasteiger partial charge >= 0.3 is 0 Å².